The highest BCUT2D eigenvalue weighted by atomic mass is 15.1. The Bertz CT molecular complexity index is 2730. The van der Waals surface area contributed by atoms with Crippen molar-refractivity contribution < 1.29 is 0 Å². The van der Waals surface area contributed by atoms with Gasteiger partial charge in [0, 0.05) is 33.3 Å². The van der Waals surface area contributed by atoms with Crippen LogP contribution in [-0.4, -0.2) is 10.3 Å². The quantitative estimate of drug-likeness (QED) is 0.191. The first-order valence-corrected chi connectivity index (χ1v) is 18.8. The van der Waals surface area contributed by atoms with Crippen LogP contribution in [0.5, 0.6) is 0 Å². The molecule has 2 heterocycles. The molecule has 0 spiro atoms. The zero-order valence-corrected chi connectivity index (χ0v) is 30.4. The molecule has 7 aromatic carbocycles. The Hall–Kier alpha value is -6.71. The molecule has 1 N–H and O–H groups in total. The number of aromatic nitrogens is 1. The second-order valence-corrected chi connectivity index (χ2v) is 14.8. The summed E-state index contributed by atoms with van der Waals surface area (Å²) in [6.45, 7) is 4.73. The van der Waals surface area contributed by atoms with Crippen LogP contribution in [0.25, 0.3) is 55.8 Å². The maximum atomic E-state index is 5.28. The van der Waals surface area contributed by atoms with Crippen molar-refractivity contribution in [1.82, 2.24) is 9.88 Å². The third-order valence-electron chi connectivity index (χ3n) is 11.3. The van der Waals surface area contributed by atoms with E-state index in [-0.39, 0.29) is 11.6 Å². The molecule has 0 radical (unpaired) electrons. The number of aliphatic imine (C=N–C) groups is 1. The van der Waals surface area contributed by atoms with Crippen molar-refractivity contribution in [2.24, 2.45) is 4.99 Å². The summed E-state index contributed by atoms with van der Waals surface area (Å²) in [6.07, 6.45) is 1.99. The fourth-order valence-corrected chi connectivity index (χ4v) is 8.57. The van der Waals surface area contributed by atoms with Gasteiger partial charge in [-0.3, -0.25) is 4.99 Å². The largest absolute Gasteiger partial charge is 0.360 e. The third-order valence-corrected chi connectivity index (χ3v) is 11.3. The van der Waals surface area contributed by atoms with Gasteiger partial charge in [-0.1, -0.05) is 172 Å². The van der Waals surface area contributed by atoms with Gasteiger partial charge in [0.2, 0.25) is 0 Å². The van der Waals surface area contributed by atoms with Crippen molar-refractivity contribution >= 4 is 22.3 Å². The average Bonchev–Trinajstić information content (AvgIpc) is 3.55. The molecule has 1 atom stereocenters. The standard InChI is InChI=1S/C51H39N3/c1-51(2)43-24-14-12-22-40(43)48-42-32-38(30-31-47(42)54(39-20-10-5-11-21-39)49(48)41-23-13-15-25-44(41)51)46-33-45(52-50(53-46)37-18-8-4-9-19-37)36-28-26-35(27-29-36)34-16-6-3-7-17-34/h3-33,50,53H,1-2H3. The summed E-state index contributed by atoms with van der Waals surface area (Å²) in [5, 5.41) is 5.06. The minimum Gasteiger partial charge on any atom is -0.360 e. The molecule has 1 unspecified atom stereocenters. The van der Waals surface area contributed by atoms with Crippen molar-refractivity contribution in [3.63, 3.8) is 0 Å². The Labute approximate surface area is 316 Å². The summed E-state index contributed by atoms with van der Waals surface area (Å²) in [5.41, 5.74) is 17.6. The van der Waals surface area contributed by atoms with Crippen LogP contribution in [0.4, 0.5) is 0 Å². The fourth-order valence-electron chi connectivity index (χ4n) is 8.57. The van der Waals surface area contributed by atoms with E-state index in [0.29, 0.717) is 0 Å². The van der Waals surface area contributed by atoms with Gasteiger partial charge in [0.05, 0.1) is 16.9 Å². The predicted molar refractivity (Wildman–Crippen MR) is 225 cm³/mol. The molecule has 1 aliphatic carbocycles. The molecule has 0 saturated heterocycles. The SMILES string of the molecule is CC1(C)c2ccccc2-c2c(n(-c3ccccc3)c3ccc(C4=CC(c5ccc(-c6ccccc6)cc5)=NC(c5ccccc5)N4)cc23)-c2ccccc21. The van der Waals surface area contributed by atoms with Crippen LogP contribution in [0, 0.1) is 0 Å². The van der Waals surface area contributed by atoms with E-state index in [9.17, 15) is 0 Å². The topological polar surface area (TPSA) is 29.3 Å². The van der Waals surface area contributed by atoms with E-state index in [0.717, 1.165) is 33.8 Å². The smallest absolute Gasteiger partial charge is 0.145 e. The van der Waals surface area contributed by atoms with Gasteiger partial charge in [0.25, 0.3) is 0 Å². The molecule has 10 rings (SSSR count). The number of nitrogens with one attached hydrogen (secondary N) is 1. The second kappa shape index (κ2) is 12.8. The molecule has 0 fully saturated rings. The molecular weight excluding hydrogens is 655 g/mol. The summed E-state index contributed by atoms with van der Waals surface area (Å²) in [7, 11) is 0. The Kier molecular flexibility index (Phi) is 7.55. The maximum absolute atomic E-state index is 5.28. The number of nitrogens with zero attached hydrogens (tertiary/aromatic N) is 2. The summed E-state index contributed by atoms with van der Waals surface area (Å²) in [5.74, 6) is 0. The van der Waals surface area contributed by atoms with Crippen molar-refractivity contribution in [1.29, 1.82) is 0 Å². The molecule has 0 saturated carbocycles. The summed E-state index contributed by atoms with van der Waals surface area (Å²) < 4.78 is 2.47. The van der Waals surface area contributed by atoms with E-state index in [2.05, 4.69) is 212 Å². The van der Waals surface area contributed by atoms with E-state index < -0.39 is 0 Å². The molecule has 0 amide bonds. The Morgan fingerprint density at radius 3 is 1.81 bits per heavy atom. The minimum atomic E-state index is -0.231. The fraction of sp³-hybridized carbons (Fsp3) is 0.0784. The Balaban J connectivity index is 1.19. The molecule has 0 bridgehead atoms. The van der Waals surface area contributed by atoms with E-state index >= 15 is 0 Å². The second-order valence-electron chi connectivity index (χ2n) is 14.8. The highest BCUT2D eigenvalue weighted by Gasteiger charge is 2.36. The van der Waals surface area contributed by atoms with Crippen molar-refractivity contribution in [3.05, 3.63) is 216 Å². The zero-order valence-electron chi connectivity index (χ0n) is 30.4. The number of hydrogen-bond donors (Lipinski definition) is 1. The van der Waals surface area contributed by atoms with Crippen LogP contribution in [0.2, 0.25) is 0 Å². The minimum absolute atomic E-state index is 0.199. The van der Waals surface area contributed by atoms with Gasteiger partial charge in [-0.2, -0.15) is 0 Å². The van der Waals surface area contributed by atoms with Crippen LogP contribution in [0.15, 0.2) is 193 Å². The summed E-state index contributed by atoms with van der Waals surface area (Å²) in [4.78, 5) is 5.28. The molecule has 2 aliphatic rings. The zero-order chi connectivity index (χ0) is 36.2. The highest BCUT2D eigenvalue weighted by molar-refractivity contribution is 6.14. The average molecular weight is 694 g/mol. The van der Waals surface area contributed by atoms with E-state index in [1.807, 2.05) is 0 Å². The van der Waals surface area contributed by atoms with Crippen LogP contribution in [0.3, 0.4) is 0 Å². The van der Waals surface area contributed by atoms with E-state index in [1.54, 1.807) is 0 Å². The molecular formula is C51H39N3. The lowest BCUT2D eigenvalue weighted by Crippen LogP contribution is -2.24. The summed E-state index contributed by atoms with van der Waals surface area (Å²) in [6, 6.07) is 65.6. The molecule has 1 aromatic heterocycles. The van der Waals surface area contributed by atoms with Gasteiger partial charge >= 0.3 is 0 Å². The van der Waals surface area contributed by atoms with Crippen LogP contribution >= 0.6 is 0 Å². The first-order chi connectivity index (χ1) is 26.5. The molecule has 1 aliphatic heterocycles. The summed E-state index contributed by atoms with van der Waals surface area (Å²) >= 11 is 0. The number of fused-ring (bicyclic) bond motifs is 7. The number of allylic oxidation sites excluding steroid dienone is 1. The number of para-hydroxylation sites is 1. The Morgan fingerprint density at radius 1 is 0.537 bits per heavy atom. The van der Waals surface area contributed by atoms with Crippen molar-refractivity contribution in [2.45, 2.75) is 25.4 Å². The van der Waals surface area contributed by atoms with E-state index in [1.165, 1.54) is 55.5 Å². The molecule has 258 valence electrons. The number of rotatable bonds is 5. The molecule has 3 nitrogen and oxygen atoms in total. The van der Waals surface area contributed by atoms with Gasteiger partial charge in [0.15, 0.2) is 0 Å². The lowest BCUT2D eigenvalue weighted by molar-refractivity contribution is 0.646. The normalized spacial score (nSPS) is 15.6. The van der Waals surface area contributed by atoms with E-state index in [4.69, 9.17) is 4.99 Å². The molecule has 8 aromatic rings. The van der Waals surface area contributed by atoms with Gasteiger partial charge in [-0.05, 0) is 74.8 Å². The first-order valence-electron chi connectivity index (χ1n) is 18.8. The van der Waals surface area contributed by atoms with Crippen LogP contribution in [-0.2, 0) is 5.41 Å². The lowest BCUT2D eigenvalue weighted by Gasteiger charge is -2.28. The van der Waals surface area contributed by atoms with Gasteiger partial charge in [-0.15, -0.1) is 0 Å². The highest BCUT2D eigenvalue weighted by Crippen LogP contribution is 2.52. The maximum Gasteiger partial charge on any atom is 0.145 e. The van der Waals surface area contributed by atoms with Crippen LogP contribution < -0.4 is 5.32 Å². The number of benzene rings is 7. The molecule has 3 heteroatoms. The Morgan fingerprint density at radius 2 is 1.09 bits per heavy atom. The number of hydrogen-bond acceptors (Lipinski definition) is 2. The lowest BCUT2D eigenvalue weighted by atomic mass is 9.75. The van der Waals surface area contributed by atoms with Crippen LogP contribution in [0.1, 0.15) is 47.8 Å². The monoisotopic (exact) mass is 693 g/mol. The van der Waals surface area contributed by atoms with Crippen molar-refractivity contribution in [2.75, 3.05) is 0 Å². The van der Waals surface area contributed by atoms with Crippen molar-refractivity contribution in [3.8, 4) is 39.2 Å². The van der Waals surface area contributed by atoms with Gasteiger partial charge in [0.1, 0.15) is 6.17 Å². The third kappa shape index (κ3) is 5.23. The van der Waals surface area contributed by atoms with Gasteiger partial charge in [-0.25, -0.2) is 0 Å². The predicted octanol–water partition coefficient (Wildman–Crippen LogP) is 12.4. The molecule has 54 heavy (non-hydrogen) atoms. The van der Waals surface area contributed by atoms with Gasteiger partial charge < -0.3 is 9.88 Å². The first kappa shape index (κ1) is 32.0.